The number of sulfonamides is 1. The molecule has 5 nitrogen and oxygen atoms in total. The molecule has 0 N–H and O–H groups in total. The molecule has 0 radical (unpaired) electrons. The predicted octanol–water partition coefficient (Wildman–Crippen LogP) is 2.36. The maximum absolute atomic E-state index is 12.9. The molecule has 3 rings (SSSR count). The predicted molar refractivity (Wildman–Crippen MR) is 81.0 cm³/mol. The van der Waals surface area contributed by atoms with Gasteiger partial charge in [0.15, 0.2) is 0 Å². The van der Waals surface area contributed by atoms with Gasteiger partial charge in [-0.15, -0.1) is 11.6 Å². The Morgan fingerprint density at radius 2 is 2.14 bits per heavy atom. The minimum atomic E-state index is -3.51. The molecule has 0 unspecified atom stereocenters. The van der Waals surface area contributed by atoms with E-state index in [1.807, 2.05) is 18.4 Å². The first-order chi connectivity index (χ1) is 9.86. The maximum Gasteiger partial charge on any atom is 0.245 e. The van der Waals surface area contributed by atoms with Gasteiger partial charge in [-0.1, -0.05) is 0 Å². The monoisotopic (exact) mass is 332 g/mol. The third kappa shape index (κ3) is 2.74. The summed E-state index contributed by atoms with van der Waals surface area (Å²) < 4.78 is 34.9. The van der Waals surface area contributed by atoms with Gasteiger partial charge in [0.05, 0.1) is 24.6 Å². The fraction of sp³-hybridized carbons (Fsp3) is 0.714. The summed E-state index contributed by atoms with van der Waals surface area (Å²) >= 11 is 5.96. The van der Waals surface area contributed by atoms with Crippen molar-refractivity contribution in [2.24, 2.45) is 0 Å². The van der Waals surface area contributed by atoms with Gasteiger partial charge in [0.1, 0.15) is 4.90 Å². The van der Waals surface area contributed by atoms with Gasteiger partial charge in [0, 0.05) is 24.5 Å². The molecule has 0 spiro atoms. The number of hydrogen-bond donors (Lipinski definition) is 0. The van der Waals surface area contributed by atoms with Gasteiger partial charge in [0.2, 0.25) is 10.0 Å². The van der Waals surface area contributed by atoms with Crippen LogP contribution in [0, 0.1) is 0 Å². The Labute approximate surface area is 130 Å². The highest BCUT2D eigenvalue weighted by molar-refractivity contribution is 7.89. The number of ether oxygens (including phenoxy) is 1. The quantitative estimate of drug-likeness (QED) is 0.795. The molecule has 0 aromatic carbocycles. The summed E-state index contributed by atoms with van der Waals surface area (Å²) in [5, 5.41) is 0. The summed E-state index contributed by atoms with van der Waals surface area (Å²) in [5.41, 5.74) is 0.351. The van der Waals surface area contributed by atoms with Crippen LogP contribution in [0.5, 0.6) is 0 Å². The Balaban J connectivity index is 1.98. The molecule has 1 aliphatic carbocycles. The molecule has 1 saturated heterocycles. The molecule has 2 heterocycles. The number of aromatic nitrogens is 1. The first-order valence-electron chi connectivity index (χ1n) is 7.23. The second-order valence-corrected chi connectivity index (χ2v) is 8.51. The number of hydrogen-bond acceptors (Lipinski definition) is 3. The fourth-order valence-corrected chi connectivity index (χ4v) is 4.87. The van der Waals surface area contributed by atoms with Crippen LogP contribution in [0.25, 0.3) is 0 Å². The highest BCUT2D eigenvalue weighted by atomic mass is 35.5. The van der Waals surface area contributed by atoms with Crippen molar-refractivity contribution in [3.63, 3.8) is 0 Å². The van der Waals surface area contributed by atoms with Crippen LogP contribution in [-0.2, 0) is 20.6 Å². The molecule has 1 aromatic heterocycles. The first kappa shape index (κ1) is 15.3. The van der Waals surface area contributed by atoms with Crippen molar-refractivity contribution in [3.05, 3.63) is 18.0 Å². The van der Waals surface area contributed by atoms with Crippen molar-refractivity contribution < 1.29 is 13.2 Å². The van der Waals surface area contributed by atoms with Crippen molar-refractivity contribution in [1.29, 1.82) is 0 Å². The lowest BCUT2D eigenvalue weighted by atomic mass is 10.1. The van der Waals surface area contributed by atoms with E-state index < -0.39 is 15.6 Å². The minimum absolute atomic E-state index is 0.332. The smallest absolute Gasteiger partial charge is 0.245 e. The molecule has 1 aromatic rings. The van der Waals surface area contributed by atoms with E-state index in [2.05, 4.69) is 0 Å². The molecule has 1 saturated carbocycles. The zero-order chi connectivity index (χ0) is 15.3. The number of rotatable bonds is 4. The van der Waals surface area contributed by atoms with Crippen LogP contribution in [0.2, 0.25) is 0 Å². The highest BCUT2D eigenvalue weighted by Gasteiger charge is 2.40. The summed E-state index contributed by atoms with van der Waals surface area (Å²) in [6, 6.07) is 2.13. The van der Waals surface area contributed by atoms with Gasteiger partial charge in [-0.3, -0.25) is 0 Å². The van der Waals surface area contributed by atoms with Gasteiger partial charge >= 0.3 is 0 Å². The van der Waals surface area contributed by atoms with Crippen LogP contribution >= 0.6 is 11.6 Å². The summed E-state index contributed by atoms with van der Waals surface area (Å²) in [5.74, 6) is 0.332. The Bertz CT molecular complexity index is 635. The largest absolute Gasteiger partial charge is 0.378 e. The SMILES string of the molecule is CC1(C)COCCN1S(=O)(=O)c1cc(CCl)n(C2CC2)c1. The van der Waals surface area contributed by atoms with Crippen LogP contribution < -0.4 is 0 Å². The maximum atomic E-state index is 12.9. The van der Waals surface area contributed by atoms with E-state index in [4.69, 9.17) is 16.3 Å². The molecule has 21 heavy (non-hydrogen) atoms. The molecule has 2 fully saturated rings. The number of nitrogens with zero attached hydrogens (tertiary/aromatic N) is 2. The van der Waals surface area contributed by atoms with Gasteiger partial charge in [-0.25, -0.2) is 8.42 Å². The fourth-order valence-electron chi connectivity index (χ4n) is 2.85. The summed E-state index contributed by atoms with van der Waals surface area (Å²) in [4.78, 5) is 0.347. The van der Waals surface area contributed by atoms with E-state index in [-0.39, 0.29) is 0 Å². The molecule has 118 valence electrons. The minimum Gasteiger partial charge on any atom is -0.378 e. The van der Waals surface area contributed by atoms with Crippen LogP contribution in [0.1, 0.15) is 38.4 Å². The van der Waals surface area contributed by atoms with Crippen molar-refractivity contribution in [3.8, 4) is 0 Å². The molecule has 7 heteroatoms. The molecular formula is C14H21ClN2O3S. The standard InChI is InChI=1S/C14H21ClN2O3S/c1-14(2)10-20-6-5-17(14)21(18,19)13-7-12(8-15)16(9-13)11-3-4-11/h7,9,11H,3-6,8,10H2,1-2H3. The van der Waals surface area contributed by atoms with Gasteiger partial charge in [-0.05, 0) is 32.8 Å². The average Bonchev–Trinajstić information content (AvgIpc) is 3.16. The van der Waals surface area contributed by atoms with Crippen LogP contribution in [0.3, 0.4) is 0 Å². The molecule has 0 amide bonds. The lowest BCUT2D eigenvalue weighted by Crippen LogP contribution is -2.55. The van der Waals surface area contributed by atoms with Crippen molar-refractivity contribution >= 4 is 21.6 Å². The summed E-state index contributed by atoms with van der Waals surface area (Å²) in [7, 11) is -3.51. The summed E-state index contributed by atoms with van der Waals surface area (Å²) in [6.07, 6.45) is 3.94. The van der Waals surface area contributed by atoms with E-state index in [0.717, 1.165) is 18.5 Å². The van der Waals surface area contributed by atoms with E-state index >= 15 is 0 Å². The normalized spacial score (nSPS) is 23.4. The van der Waals surface area contributed by atoms with E-state index in [1.54, 1.807) is 16.6 Å². The molecule has 0 bridgehead atoms. The zero-order valence-corrected chi connectivity index (χ0v) is 14.0. The molecule has 2 aliphatic rings. The molecular weight excluding hydrogens is 312 g/mol. The molecule has 0 atom stereocenters. The van der Waals surface area contributed by atoms with E-state index in [0.29, 0.717) is 36.6 Å². The van der Waals surface area contributed by atoms with Crippen LogP contribution in [0.15, 0.2) is 17.2 Å². The Morgan fingerprint density at radius 3 is 2.71 bits per heavy atom. The number of morpholine rings is 1. The third-order valence-electron chi connectivity index (χ3n) is 4.14. The van der Waals surface area contributed by atoms with Crippen molar-refractivity contribution in [1.82, 2.24) is 8.87 Å². The Morgan fingerprint density at radius 1 is 1.43 bits per heavy atom. The molecule has 1 aliphatic heterocycles. The van der Waals surface area contributed by atoms with Crippen molar-refractivity contribution in [2.75, 3.05) is 19.8 Å². The second-order valence-electron chi connectivity index (χ2n) is 6.38. The average molecular weight is 333 g/mol. The Kier molecular flexibility index (Phi) is 3.84. The Hall–Kier alpha value is -0.560. The van der Waals surface area contributed by atoms with Gasteiger partial charge in [-0.2, -0.15) is 4.31 Å². The van der Waals surface area contributed by atoms with E-state index in [9.17, 15) is 8.42 Å². The van der Waals surface area contributed by atoms with Crippen LogP contribution in [0.4, 0.5) is 0 Å². The first-order valence-corrected chi connectivity index (χ1v) is 9.21. The van der Waals surface area contributed by atoms with Gasteiger partial charge in [0.25, 0.3) is 0 Å². The van der Waals surface area contributed by atoms with E-state index in [1.165, 1.54) is 0 Å². The second kappa shape index (κ2) is 5.26. The third-order valence-corrected chi connectivity index (χ3v) is 6.49. The lowest BCUT2D eigenvalue weighted by molar-refractivity contribution is -0.00770. The highest BCUT2D eigenvalue weighted by Crippen LogP contribution is 2.38. The van der Waals surface area contributed by atoms with Gasteiger partial charge < -0.3 is 9.30 Å². The number of halogens is 1. The van der Waals surface area contributed by atoms with Crippen LogP contribution in [-0.4, -0.2) is 42.6 Å². The summed E-state index contributed by atoms with van der Waals surface area (Å²) in [6.45, 7) is 5.03. The topological polar surface area (TPSA) is 51.5 Å². The lowest BCUT2D eigenvalue weighted by Gasteiger charge is -2.40. The van der Waals surface area contributed by atoms with Crippen molar-refractivity contribution in [2.45, 2.75) is 49.0 Å². The number of alkyl halides is 1. The zero-order valence-electron chi connectivity index (χ0n) is 12.4.